The average molecular weight is 396 g/mol. The van der Waals surface area contributed by atoms with Crippen LogP contribution in [0.2, 0.25) is 5.02 Å². The summed E-state index contributed by atoms with van der Waals surface area (Å²) in [5, 5.41) is 16.0. The van der Waals surface area contributed by atoms with Crippen molar-refractivity contribution in [3.63, 3.8) is 0 Å². The number of anilines is 1. The molecular weight excluding hydrogens is 374 g/mol. The molecule has 6 nitrogen and oxygen atoms in total. The fraction of sp³-hybridized carbons (Fsp3) is 0.444. The minimum Gasteiger partial charge on any atom is -0.465 e. The first kappa shape index (κ1) is 18.9. The first-order chi connectivity index (χ1) is 12.6. The van der Waals surface area contributed by atoms with E-state index in [-0.39, 0.29) is 12.0 Å². The van der Waals surface area contributed by atoms with E-state index in [4.69, 9.17) is 16.3 Å². The number of likely N-dealkylation sites (tertiary alicyclic amines) is 1. The van der Waals surface area contributed by atoms with Gasteiger partial charge in [0.25, 0.3) is 0 Å². The van der Waals surface area contributed by atoms with E-state index in [9.17, 15) is 9.90 Å². The van der Waals surface area contributed by atoms with E-state index in [0.29, 0.717) is 31.3 Å². The van der Waals surface area contributed by atoms with Crippen LogP contribution in [0.15, 0.2) is 35.8 Å². The van der Waals surface area contributed by atoms with Gasteiger partial charge in [-0.3, -0.25) is 0 Å². The zero-order chi connectivity index (χ0) is 18.4. The number of halogens is 1. The first-order valence-corrected chi connectivity index (χ1v) is 9.87. The monoisotopic (exact) mass is 395 g/mol. The molecule has 1 amide bonds. The van der Waals surface area contributed by atoms with Gasteiger partial charge in [0.1, 0.15) is 0 Å². The average Bonchev–Trinajstić information content (AvgIpc) is 3.15. The molecular formula is C18H22ClN3O3S. The second-order valence-corrected chi connectivity index (χ2v) is 7.57. The molecule has 1 aliphatic rings. The number of hydrogen-bond acceptors (Lipinski definition) is 5. The van der Waals surface area contributed by atoms with Crippen LogP contribution in [0.1, 0.15) is 24.5 Å². The molecule has 2 heterocycles. The summed E-state index contributed by atoms with van der Waals surface area (Å²) in [6.07, 6.45) is 2.47. The fourth-order valence-corrected chi connectivity index (χ4v) is 4.03. The number of ether oxygens (including phenoxy) is 1. The predicted octanol–water partition coefficient (Wildman–Crippen LogP) is 4.36. The third-order valence-corrected chi connectivity index (χ3v) is 5.41. The third kappa shape index (κ3) is 5.09. The van der Waals surface area contributed by atoms with Crippen molar-refractivity contribution in [1.29, 1.82) is 0 Å². The molecule has 26 heavy (non-hydrogen) atoms. The number of carbonyl (C=O) groups is 1. The lowest BCUT2D eigenvalue weighted by Gasteiger charge is -2.35. The van der Waals surface area contributed by atoms with Crippen molar-refractivity contribution in [2.75, 3.05) is 31.6 Å². The number of rotatable bonds is 7. The number of nitrogens with zero attached hydrogens (tertiary/aromatic N) is 2. The van der Waals surface area contributed by atoms with Gasteiger partial charge in [0.05, 0.1) is 12.7 Å². The Morgan fingerprint density at radius 1 is 1.54 bits per heavy atom. The Morgan fingerprint density at radius 2 is 2.42 bits per heavy atom. The van der Waals surface area contributed by atoms with E-state index in [2.05, 4.69) is 10.3 Å². The molecule has 1 aromatic heterocycles. The van der Waals surface area contributed by atoms with Crippen molar-refractivity contribution in [2.24, 2.45) is 5.92 Å². The first-order valence-electron chi connectivity index (χ1n) is 8.62. The van der Waals surface area contributed by atoms with E-state index >= 15 is 0 Å². The predicted molar refractivity (Wildman–Crippen MR) is 103 cm³/mol. The molecule has 2 unspecified atom stereocenters. The number of carboxylic acid groups (broad SMARTS) is 1. The molecule has 3 rings (SSSR count). The largest absolute Gasteiger partial charge is 0.465 e. The molecule has 1 fully saturated rings. The highest BCUT2D eigenvalue weighted by Crippen LogP contribution is 2.34. The maximum atomic E-state index is 11.4. The number of amides is 1. The molecule has 1 aliphatic heterocycles. The summed E-state index contributed by atoms with van der Waals surface area (Å²) >= 11 is 7.70. The highest BCUT2D eigenvalue weighted by Gasteiger charge is 2.31. The van der Waals surface area contributed by atoms with E-state index in [0.717, 1.165) is 23.5 Å². The van der Waals surface area contributed by atoms with Gasteiger partial charge in [-0.1, -0.05) is 23.7 Å². The second kappa shape index (κ2) is 9.21. The number of thiazole rings is 1. The maximum Gasteiger partial charge on any atom is 0.407 e. The summed E-state index contributed by atoms with van der Waals surface area (Å²) < 4.78 is 6.19. The van der Waals surface area contributed by atoms with E-state index in [1.165, 1.54) is 4.90 Å². The van der Waals surface area contributed by atoms with Crippen molar-refractivity contribution >= 4 is 34.2 Å². The molecule has 0 spiro atoms. The van der Waals surface area contributed by atoms with E-state index in [1.807, 2.05) is 29.6 Å². The highest BCUT2D eigenvalue weighted by molar-refractivity contribution is 7.13. The Labute approximate surface area is 161 Å². The van der Waals surface area contributed by atoms with E-state index in [1.54, 1.807) is 17.5 Å². The van der Waals surface area contributed by atoms with Crippen molar-refractivity contribution in [1.82, 2.24) is 9.88 Å². The number of aromatic nitrogens is 1. The number of piperidine rings is 1. The van der Waals surface area contributed by atoms with Gasteiger partial charge in [0.2, 0.25) is 0 Å². The summed E-state index contributed by atoms with van der Waals surface area (Å²) in [6.45, 7) is 2.20. The van der Waals surface area contributed by atoms with Crippen LogP contribution in [-0.4, -0.2) is 47.3 Å². The van der Waals surface area contributed by atoms with Gasteiger partial charge < -0.3 is 20.1 Å². The Hall–Kier alpha value is -1.83. The molecule has 0 radical (unpaired) electrons. The van der Waals surface area contributed by atoms with E-state index < -0.39 is 6.09 Å². The third-order valence-electron chi connectivity index (χ3n) is 4.44. The maximum absolute atomic E-state index is 11.4. The number of benzene rings is 1. The summed E-state index contributed by atoms with van der Waals surface area (Å²) in [7, 11) is 0. The Morgan fingerprint density at radius 3 is 3.15 bits per heavy atom. The van der Waals surface area contributed by atoms with Gasteiger partial charge in [-0.05, 0) is 30.5 Å². The fourth-order valence-electron chi connectivity index (χ4n) is 3.27. The van der Waals surface area contributed by atoms with Crippen molar-refractivity contribution in [3.05, 3.63) is 46.4 Å². The van der Waals surface area contributed by atoms with Crippen LogP contribution in [-0.2, 0) is 4.74 Å². The van der Waals surface area contributed by atoms with Gasteiger partial charge in [-0.25, -0.2) is 9.78 Å². The van der Waals surface area contributed by atoms with Crippen molar-refractivity contribution < 1.29 is 14.6 Å². The van der Waals surface area contributed by atoms with Crippen LogP contribution < -0.4 is 5.32 Å². The molecule has 140 valence electrons. The number of hydrogen-bond donors (Lipinski definition) is 2. The van der Waals surface area contributed by atoms with Gasteiger partial charge in [-0.2, -0.15) is 0 Å². The topological polar surface area (TPSA) is 74.7 Å². The molecule has 0 saturated carbocycles. The normalized spacial score (nSPS) is 18.5. The molecule has 8 heteroatoms. The van der Waals surface area contributed by atoms with Gasteiger partial charge in [-0.15, -0.1) is 11.3 Å². The smallest absolute Gasteiger partial charge is 0.407 e. The highest BCUT2D eigenvalue weighted by atomic mass is 35.5. The zero-order valence-electron chi connectivity index (χ0n) is 14.3. The summed E-state index contributed by atoms with van der Waals surface area (Å²) in [6, 6.07) is 7.63. The van der Waals surface area contributed by atoms with Crippen molar-refractivity contribution in [3.8, 4) is 0 Å². The molecule has 1 aromatic carbocycles. The SMILES string of the molecule is O=C(O)N1CCCC(C(OCCNc2nccs2)c2cccc(Cl)c2)C1. The lowest BCUT2D eigenvalue weighted by atomic mass is 9.88. The molecule has 0 aliphatic carbocycles. The summed E-state index contributed by atoms with van der Waals surface area (Å²) in [5.41, 5.74) is 0.990. The molecule has 2 N–H and O–H groups in total. The van der Waals surface area contributed by atoms with Crippen LogP contribution in [0.5, 0.6) is 0 Å². The van der Waals surface area contributed by atoms with Crippen LogP contribution in [0.3, 0.4) is 0 Å². The summed E-state index contributed by atoms with van der Waals surface area (Å²) in [5.74, 6) is 0.109. The Bertz CT molecular complexity index is 713. The quantitative estimate of drug-likeness (QED) is 0.681. The Balaban J connectivity index is 1.66. The standard InChI is InChI=1S/C18H22ClN3O3S/c19-15-5-1-3-13(11-15)16(14-4-2-8-22(12-14)18(23)24)25-9-6-20-17-21-7-10-26-17/h1,3,5,7,10-11,14,16H,2,4,6,8-9,12H2,(H,20,21)(H,23,24). The Kier molecular flexibility index (Phi) is 6.71. The lowest BCUT2D eigenvalue weighted by molar-refractivity contribution is -0.00874. The van der Waals surface area contributed by atoms with Gasteiger partial charge in [0.15, 0.2) is 5.13 Å². The van der Waals surface area contributed by atoms with Crippen LogP contribution in [0, 0.1) is 5.92 Å². The van der Waals surface area contributed by atoms with Crippen LogP contribution >= 0.6 is 22.9 Å². The molecule has 1 saturated heterocycles. The number of nitrogens with one attached hydrogen (secondary N) is 1. The lowest BCUT2D eigenvalue weighted by Crippen LogP contribution is -2.41. The second-order valence-electron chi connectivity index (χ2n) is 6.24. The molecule has 0 bridgehead atoms. The molecule has 2 atom stereocenters. The minimum absolute atomic E-state index is 0.109. The zero-order valence-corrected chi connectivity index (χ0v) is 15.9. The van der Waals surface area contributed by atoms with Crippen LogP contribution in [0.25, 0.3) is 0 Å². The van der Waals surface area contributed by atoms with Gasteiger partial charge in [0, 0.05) is 42.2 Å². The summed E-state index contributed by atoms with van der Waals surface area (Å²) in [4.78, 5) is 17.0. The van der Waals surface area contributed by atoms with Crippen molar-refractivity contribution in [2.45, 2.75) is 18.9 Å². The van der Waals surface area contributed by atoms with Crippen LogP contribution in [0.4, 0.5) is 9.93 Å². The van der Waals surface area contributed by atoms with Gasteiger partial charge >= 0.3 is 6.09 Å². The minimum atomic E-state index is -0.870. The molecule has 2 aromatic rings.